The first-order valence-corrected chi connectivity index (χ1v) is 2.81. The largest absolute Gasteiger partial charge is 0.481 e. The lowest BCUT2D eigenvalue weighted by atomic mass is 10.5. The summed E-state index contributed by atoms with van der Waals surface area (Å²) in [4.78, 5) is 6.68. The van der Waals surface area contributed by atoms with E-state index >= 15 is 0 Å². The Morgan fingerprint density at radius 3 is 3.20 bits per heavy atom. The van der Waals surface area contributed by atoms with E-state index in [2.05, 4.69) is 9.97 Å². The molecule has 1 heterocycles. The van der Waals surface area contributed by atoms with Crippen LogP contribution in [0.3, 0.4) is 0 Å². The van der Waals surface area contributed by atoms with E-state index in [0.717, 1.165) is 0 Å². The molecule has 0 spiro atoms. The number of aromatic amines is 1. The fourth-order valence-corrected chi connectivity index (χ4v) is 0.612. The number of hydrogen-bond donors (Lipinski definition) is 1. The van der Waals surface area contributed by atoms with Gasteiger partial charge in [0, 0.05) is 0 Å². The maximum atomic E-state index is 8.25. The van der Waals surface area contributed by atoms with Crippen LogP contribution in [0.15, 0.2) is 6.20 Å². The third kappa shape index (κ3) is 1.26. The molecule has 0 atom stereocenters. The van der Waals surface area contributed by atoms with Crippen molar-refractivity contribution in [3.05, 3.63) is 12.0 Å². The zero-order valence-electron chi connectivity index (χ0n) is 5.59. The number of imidazole rings is 1. The van der Waals surface area contributed by atoms with E-state index in [1.165, 1.54) is 0 Å². The highest BCUT2D eigenvalue weighted by atomic mass is 16.5. The molecule has 0 aliphatic rings. The van der Waals surface area contributed by atoms with Gasteiger partial charge in [-0.05, 0) is 0 Å². The van der Waals surface area contributed by atoms with Gasteiger partial charge in [0.25, 0.3) is 0 Å². The molecule has 1 aromatic heterocycles. The summed E-state index contributed by atoms with van der Waals surface area (Å²) >= 11 is 0. The third-order valence-corrected chi connectivity index (χ3v) is 1.07. The van der Waals surface area contributed by atoms with Gasteiger partial charge in [-0.3, -0.25) is 0 Å². The Labute approximate surface area is 58.5 Å². The summed E-state index contributed by atoms with van der Waals surface area (Å²) < 4.78 is 4.81. The van der Waals surface area contributed by atoms with Crippen molar-refractivity contribution in [1.82, 2.24) is 9.97 Å². The molecule has 0 radical (unpaired) electrons. The first-order valence-electron chi connectivity index (χ1n) is 2.81. The van der Waals surface area contributed by atoms with E-state index in [1.54, 1.807) is 13.3 Å². The number of ether oxygens (including phenoxy) is 1. The molecule has 0 fully saturated rings. The summed E-state index contributed by atoms with van der Waals surface area (Å²) in [6, 6.07) is 1.97. The van der Waals surface area contributed by atoms with Gasteiger partial charge in [0.1, 0.15) is 5.82 Å². The summed E-state index contributed by atoms with van der Waals surface area (Å²) in [5, 5.41) is 8.25. The number of nitrogens with zero attached hydrogens (tertiary/aromatic N) is 2. The second-order valence-electron chi connectivity index (χ2n) is 1.73. The first kappa shape index (κ1) is 6.62. The molecule has 0 unspecified atom stereocenters. The standard InChI is InChI=1S/C6H7N3O/c1-10-6-4-8-5(9-6)2-3-7/h4H,2H2,1H3,(H,8,9). The van der Waals surface area contributed by atoms with E-state index < -0.39 is 0 Å². The van der Waals surface area contributed by atoms with Crippen LogP contribution in [-0.4, -0.2) is 17.1 Å². The summed E-state index contributed by atoms with van der Waals surface area (Å²) in [7, 11) is 1.55. The molecule has 0 bridgehead atoms. The Bertz CT molecular complexity index is 248. The molecule has 52 valence electrons. The maximum Gasteiger partial charge on any atom is 0.210 e. The van der Waals surface area contributed by atoms with E-state index in [1.807, 2.05) is 6.07 Å². The number of methoxy groups -OCH3 is 1. The lowest BCUT2D eigenvalue weighted by Crippen LogP contribution is -1.84. The van der Waals surface area contributed by atoms with Crippen LogP contribution in [0.4, 0.5) is 0 Å². The Hall–Kier alpha value is -1.50. The predicted octanol–water partition coefficient (Wildman–Crippen LogP) is 0.484. The van der Waals surface area contributed by atoms with Crippen LogP contribution in [0.2, 0.25) is 0 Å². The number of H-pyrrole nitrogens is 1. The molecule has 0 saturated heterocycles. The average molecular weight is 137 g/mol. The second-order valence-corrected chi connectivity index (χ2v) is 1.73. The van der Waals surface area contributed by atoms with Crippen LogP contribution in [0.25, 0.3) is 0 Å². The average Bonchev–Trinajstić information content (AvgIpc) is 2.37. The molecule has 4 heteroatoms. The van der Waals surface area contributed by atoms with Crippen LogP contribution in [0.1, 0.15) is 5.82 Å². The smallest absolute Gasteiger partial charge is 0.210 e. The van der Waals surface area contributed by atoms with Gasteiger partial charge in [-0.2, -0.15) is 5.26 Å². The second kappa shape index (κ2) is 2.87. The zero-order chi connectivity index (χ0) is 7.40. The van der Waals surface area contributed by atoms with Crippen LogP contribution in [-0.2, 0) is 6.42 Å². The quantitative estimate of drug-likeness (QED) is 0.645. The van der Waals surface area contributed by atoms with E-state index in [9.17, 15) is 0 Å². The number of aromatic nitrogens is 2. The van der Waals surface area contributed by atoms with E-state index in [-0.39, 0.29) is 0 Å². The van der Waals surface area contributed by atoms with Crippen LogP contribution < -0.4 is 4.74 Å². The fourth-order valence-electron chi connectivity index (χ4n) is 0.612. The summed E-state index contributed by atoms with van der Waals surface area (Å²) in [6.07, 6.45) is 1.84. The van der Waals surface area contributed by atoms with Gasteiger partial charge in [-0.1, -0.05) is 0 Å². The van der Waals surface area contributed by atoms with Crippen LogP contribution in [0, 0.1) is 11.3 Å². The molecule has 0 aliphatic carbocycles. The molecule has 1 aromatic rings. The third-order valence-electron chi connectivity index (χ3n) is 1.07. The van der Waals surface area contributed by atoms with Crippen LogP contribution in [0.5, 0.6) is 5.88 Å². The Balaban J connectivity index is 2.70. The Morgan fingerprint density at radius 1 is 1.90 bits per heavy atom. The van der Waals surface area contributed by atoms with Crippen molar-refractivity contribution in [2.45, 2.75) is 6.42 Å². The van der Waals surface area contributed by atoms with Gasteiger partial charge in [0.2, 0.25) is 5.88 Å². The minimum absolute atomic E-state index is 0.295. The van der Waals surface area contributed by atoms with Gasteiger partial charge in [0.15, 0.2) is 0 Å². The van der Waals surface area contributed by atoms with Crippen molar-refractivity contribution in [3.63, 3.8) is 0 Å². The van der Waals surface area contributed by atoms with E-state index in [4.69, 9.17) is 10.00 Å². The normalized spacial score (nSPS) is 8.80. The van der Waals surface area contributed by atoms with Crippen molar-refractivity contribution in [3.8, 4) is 11.9 Å². The summed E-state index contributed by atoms with van der Waals surface area (Å²) in [5.41, 5.74) is 0. The molecule has 0 amide bonds. The molecule has 10 heavy (non-hydrogen) atoms. The monoisotopic (exact) mass is 137 g/mol. The maximum absolute atomic E-state index is 8.25. The molecule has 0 aromatic carbocycles. The van der Waals surface area contributed by atoms with Crippen molar-refractivity contribution < 1.29 is 4.74 Å². The highest BCUT2D eigenvalue weighted by Gasteiger charge is 1.96. The summed E-state index contributed by atoms with van der Waals surface area (Å²) in [5.74, 6) is 1.23. The Kier molecular flexibility index (Phi) is 1.90. The van der Waals surface area contributed by atoms with E-state index in [0.29, 0.717) is 18.1 Å². The SMILES string of the molecule is COc1cnc(CC#N)[nH]1. The molecule has 1 rings (SSSR count). The first-order chi connectivity index (χ1) is 4.86. The highest BCUT2D eigenvalue weighted by Crippen LogP contribution is 2.04. The number of nitrogens with one attached hydrogen (secondary N) is 1. The molecular formula is C6H7N3O. The summed E-state index contributed by atoms with van der Waals surface area (Å²) in [6.45, 7) is 0. The fraction of sp³-hybridized carbons (Fsp3) is 0.333. The van der Waals surface area contributed by atoms with Gasteiger partial charge in [0.05, 0.1) is 25.8 Å². The number of nitriles is 1. The Morgan fingerprint density at radius 2 is 2.70 bits per heavy atom. The highest BCUT2D eigenvalue weighted by molar-refractivity contribution is 5.09. The minimum atomic E-state index is 0.295. The van der Waals surface area contributed by atoms with Crippen molar-refractivity contribution in [1.29, 1.82) is 5.26 Å². The van der Waals surface area contributed by atoms with Crippen molar-refractivity contribution in [2.75, 3.05) is 7.11 Å². The van der Waals surface area contributed by atoms with Gasteiger partial charge < -0.3 is 9.72 Å². The molecule has 0 aliphatic heterocycles. The van der Waals surface area contributed by atoms with Crippen molar-refractivity contribution >= 4 is 0 Å². The van der Waals surface area contributed by atoms with Gasteiger partial charge >= 0.3 is 0 Å². The molecule has 1 N–H and O–H groups in total. The minimum Gasteiger partial charge on any atom is -0.481 e. The molecule has 4 nitrogen and oxygen atoms in total. The van der Waals surface area contributed by atoms with Gasteiger partial charge in [-0.15, -0.1) is 0 Å². The topological polar surface area (TPSA) is 61.7 Å². The lowest BCUT2D eigenvalue weighted by Gasteiger charge is -1.88. The number of rotatable bonds is 2. The number of hydrogen-bond acceptors (Lipinski definition) is 3. The predicted molar refractivity (Wildman–Crippen MR) is 34.5 cm³/mol. The molecular weight excluding hydrogens is 130 g/mol. The zero-order valence-corrected chi connectivity index (χ0v) is 5.59. The van der Waals surface area contributed by atoms with Crippen molar-refractivity contribution in [2.24, 2.45) is 0 Å². The molecule has 0 saturated carbocycles. The van der Waals surface area contributed by atoms with Gasteiger partial charge in [-0.25, -0.2) is 4.98 Å². The van der Waals surface area contributed by atoms with Crippen LogP contribution >= 0.6 is 0 Å². The lowest BCUT2D eigenvalue weighted by molar-refractivity contribution is 0.399.